The molecule has 0 unspecified atom stereocenters. The Kier molecular flexibility index (Phi) is 3.75. The number of carbonyl (C=O) groups excluding carboxylic acids is 1. The second-order valence-electron chi connectivity index (χ2n) is 3.60. The maximum absolute atomic E-state index is 11.8. The lowest BCUT2D eigenvalue weighted by Crippen LogP contribution is -2.05. The summed E-state index contributed by atoms with van der Waals surface area (Å²) in [6.07, 6.45) is 0.975. The van der Waals surface area contributed by atoms with Gasteiger partial charge in [-0.3, -0.25) is 4.79 Å². The van der Waals surface area contributed by atoms with Crippen LogP contribution in [-0.4, -0.2) is 5.78 Å². The molecule has 0 atom stereocenters. The van der Waals surface area contributed by atoms with Crippen LogP contribution in [0.1, 0.15) is 10.4 Å². The van der Waals surface area contributed by atoms with Crippen molar-refractivity contribution in [3.05, 3.63) is 57.2 Å². The third-order valence-electron chi connectivity index (χ3n) is 2.24. The molecule has 1 heterocycles. The normalized spacial score (nSPS) is 10.3. The summed E-state index contributed by atoms with van der Waals surface area (Å²) >= 11 is 7.48. The standard InChI is InChI=1S/C13H11ClOS/c14-11-4-1-3-10(7-11)8-12(15)9-13-5-2-6-16-13/h1-7H,8-9H2. The van der Waals surface area contributed by atoms with Gasteiger partial charge in [0.15, 0.2) is 0 Å². The molecule has 0 aliphatic rings. The van der Waals surface area contributed by atoms with E-state index in [-0.39, 0.29) is 5.78 Å². The van der Waals surface area contributed by atoms with Gasteiger partial charge in [0, 0.05) is 22.7 Å². The SMILES string of the molecule is O=C(Cc1cccc(Cl)c1)Cc1cccs1. The Morgan fingerprint density at radius 2 is 2.06 bits per heavy atom. The Hall–Kier alpha value is -1.12. The molecule has 2 aromatic rings. The van der Waals surface area contributed by atoms with Crippen LogP contribution >= 0.6 is 22.9 Å². The number of halogens is 1. The topological polar surface area (TPSA) is 17.1 Å². The van der Waals surface area contributed by atoms with Gasteiger partial charge in [0.05, 0.1) is 0 Å². The Balaban J connectivity index is 1.97. The fraction of sp³-hybridized carbons (Fsp3) is 0.154. The maximum Gasteiger partial charge on any atom is 0.142 e. The van der Waals surface area contributed by atoms with Crippen molar-refractivity contribution >= 4 is 28.7 Å². The molecule has 1 nitrogen and oxygen atoms in total. The largest absolute Gasteiger partial charge is 0.299 e. The van der Waals surface area contributed by atoms with E-state index >= 15 is 0 Å². The number of carbonyl (C=O) groups is 1. The summed E-state index contributed by atoms with van der Waals surface area (Å²) in [5, 5.41) is 2.67. The van der Waals surface area contributed by atoms with Crippen molar-refractivity contribution in [2.45, 2.75) is 12.8 Å². The van der Waals surface area contributed by atoms with Gasteiger partial charge >= 0.3 is 0 Å². The number of thiophene rings is 1. The van der Waals surface area contributed by atoms with E-state index in [2.05, 4.69) is 0 Å². The van der Waals surface area contributed by atoms with Crippen LogP contribution in [0.2, 0.25) is 5.02 Å². The molecule has 1 aromatic carbocycles. The lowest BCUT2D eigenvalue weighted by atomic mass is 10.1. The average Bonchev–Trinajstić information content (AvgIpc) is 2.70. The van der Waals surface area contributed by atoms with E-state index in [4.69, 9.17) is 11.6 Å². The molecule has 0 spiro atoms. The zero-order valence-corrected chi connectivity index (χ0v) is 10.2. The average molecular weight is 251 g/mol. The van der Waals surface area contributed by atoms with E-state index in [0.717, 1.165) is 10.4 Å². The minimum Gasteiger partial charge on any atom is -0.299 e. The van der Waals surface area contributed by atoms with Crippen molar-refractivity contribution in [2.24, 2.45) is 0 Å². The molecular formula is C13H11ClOS. The number of hydrogen-bond donors (Lipinski definition) is 0. The zero-order valence-electron chi connectivity index (χ0n) is 8.65. The molecule has 0 saturated heterocycles. The van der Waals surface area contributed by atoms with Gasteiger partial charge in [-0.05, 0) is 29.1 Å². The molecule has 0 saturated carbocycles. The minimum atomic E-state index is 0.227. The van der Waals surface area contributed by atoms with E-state index in [1.165, 1.54) is 0 Å². The van der Waals surface area contributed by atoms with Crippen molar-refractivity contribution in [1.82, 2.24) is 0 Å². The molecule has 0 aliphatic heterocycles. The molecule has 82 valence electrons. The van der Waals surface area contributed by atoms with E-state index < -0.39 is 0 Å². The summed E-state index contributed by atoms with van der Waals surface area (Å²) in [4.78, 5) is 12.9. The number of rotatable bonds is 4. The first kappa shape index (κ1) is 11.4. The molecule has 0 N–H and O–H groups in total. The highest BCUT2D eigenvalue weighted by molar-refractivity contribution is 7.10. The maximum atomic E-state index is 11.8. The Morgan fingerprint density at radius 1 is 1.19 bits per heavy atom. The lowest BCUT2D eigenvalue weighted by molar-refractivity contribution is -0.117. The summed E-state index contributed by atoms with van der Waals surface area (Å²) < 4.78 is 0. The van der Waals surface area contributed by atoms with Gasteiger partial charge in [-0.25, -0.2) is 0 Å². The first-order valence-corrected chi connectivity index (χ1v) is 6.28. The summed E-state index contributed by atoms with van der Waals surface area (Å²) in [5.74, 6) is 0.227. The fourth-order valence-corrected chi connectivity index (χ4v) is 2.49. The van der Waals surface area contributed by atoms with Crippen molar-refractivity contribution in [3.8, 4) is 0 Å². The van der Waals surface area contributed by atoms with Gasteiger partial charge in [-0.1, -0.05) is 29.8 Å². The van der Waals surface area contributed by atoms with Crippen LogP contribution in [0.4, 0.5) is 0 Å². The minimum absolute atomic E-state index is 0.227. The molecule has 0 aliphatic carbocycles. The van der Waals surface area contributed by atoms with Crippen molar-refractivity contribution in [1.29, 1.82) is 0 Å². The van der Waals surface area contributed by atoms with Crippen molar-refractivity contribution < 1.29 is 4.79 Å². The zero-order chi connectivity index (χ0) is 11.4. The Morgan fingerprint density at radius 3 is 2.75 bits per heavy atom. The third kappa shape index (κ3) is 3.19. The highest BCUT2D eigenvalue weighted by Crippen LogP contribution is 2.14. The molecule has 3 heteroatoms. The number of ketones is 1. The number of Topliss-reactive ketones (excluding diaryl/α,β-unsaturated/α-hetero) is 1. The van der Waals surface area contributed by atoms with Crippen LogP contribution in [0.3, 0.4) is 0 Å². The van der Waals surface area contributed by atoms with Gasteiger partial charge in [0.1, 0.15) is 5.78 Å². The molecule has 0 amide bonds. The van der Waals surface area contributed by atoms with Crippen LogP contribution in [0.25, 0.3) is 0 Å². The summed E-state index contributed by atoms with van der Waals surface area (Å²) in [6.45, 7) is 0. The number of benzene rings is 1. The van der Waals surface area contributed by atoms with Gasteiger partial charge in [-0.15, -0.1) is 11.3 Å². The fourth-order valence-electron chi connectivity index (χ4n) is 1.54. The molecule has 0 bridgehead atoms. The van der Waals surface area contributed by atoms with Gasteiger partial charge in [0.25, 0.3) is 0 Å². The van der Waals surface area contributed by atoms with E-state index in [1.807, 2.05) is 41.8 Å². The number of hydrogen-bond acceptors (Lipinski definition) is 2. The summed E-state index contributed by atoms with van der Waals surface area (Å²) in [6, 6.07) is 11.4. The second-order valence-corrected chi connectivity index (χ2v) is 5.07. The van der Waals surface area contributed by atoms with Crippen LogP contribution in [0, 0.1) is 0 Å². The van der Waals surface area contributed by atoms with Crippen molar-refractivity contribution in [2.75, 3.05) is 0 Å². The highest BCUT2D eigenvalue weighted by atomic mass is 35.5. The molecule has 0 radical (unpaired) electrons. The molecular weight excluding hydrogens is 240 g/mol. The van der Waals surface area contributed by atoms with Crippen LogP contribution in [0.15, 0.2) is 41.8 Å². The smallest absolute Gasteiger partial charge is 0.142 e. The van der Waals surface area contributed by atoms with Gasteiger partial charge in [0.2, 0.25) is 0 Å². The van der Waals surface area contributed by atoms with Gasteiger partial charge in [-0.2, -0.15) is 0 Å². The van der Waals surface area contributed by atoms with Crippen molar-refractivity contribution in [3.63, 3.8) is 0 Å². The summed E-state index contributed by atoms with van der Waals surface area (Å²) in [5.41, 5.74) is 0.981. The Labute approximate surface area is 104 Å². The quantitative estimate of drug-likeness (QED) is 0.808. The molecule has 2 rings (SSSR count). The van der Waals surface area contributed by atoms with Crippen LogP contribution < -0.4 is 0 Å². The molecule has 16 heavy (non-hydrogen) atoms. The predicted octanol–water partition coefficient (Wildman–Crippen LogP) is 3.76. The molecule has 1 aromatic heterocycles. The lowest BCUT2D eigenvalue weighted by Gasteiger charge is -2.00. The third-order valence-corrected chi connectivity index (χ3v) is 3.35. The molecule has 0 fully saturated rings. The first-order chi connectivity index (χ1) is 7.74. The first-order valence-electron chi connectivity index (χ1n) is 5.02. The van der Waals surface area contributed by atoms with Crippen LogP contribution in [-0.2, 0) is 17.6 Å². The Bertz CT molecular complexity index is 476. The second kappa shape index (κ2) is 5.28. The predicted molar refractivity (Wildman–Crippen MR) is 68.2 cm³/mol. The summed E-state index contributed by atoms with van der Waals surface area (Å²) in [7, 11) is 0. The van der Waals surface area contributed by atoms with E-state index in [1.54, 1.807) is 11.3 Å². The van der Waals surface area contributed by atoms with Crippen LogP contribution in [0.5, 0.6) is 0 Å². The monoisotopic (exact) mass is 250 g/mol. The van der Waals surface area contributed by atoms with E-state index in [0.29, 0.717) is 17.9 Å². The van der Waals surface area contributed by atoms with E-state index in [9.17, 15) is 4.79 Å². The highest BCUT2D eigenvalue weighted by Gasteiger charge is 2.06. The van der Waals surface area contributed by atoms with Gasteiger partial charge < -0.3 is 0 Å².